The molecule has 1 unspecified atom stereocenters. The van der Waals surface area contributed by atoms with Gasteiger partial charge in [-0.15, -0.1) is 0 Å². The van der Waals surface area contributed by atoms with Gasteiger partial charge in [0, 0.05) is 6.42 Å². The summed E-state index contributed by atoms with van der Waals surface area (Å²) < 4.78 is 5.44. The second kappa shape index (κ2) is 3.58. The second-order valence-electron chi connectivity index (χ2n) is 3.52. The van der Waals surface area contributed by atoms with Gasteiger partial charge in [-0.2, -0.15) is 0 Å². The van der Waals surface area contributed by atoms with Gasteiger partial charge < -0.3 is 4.74 Å². The Morgan fingerprint density at radius 2 is 2.36 bits per heavy atom. The summed E-state index contributed by atoms with van der Waals surface area (Å²) in [6.07, 6.45) is 0.473. The Morgan fingerprint density at radius 3 is 3.14 bits per heavy atom. The normalized spacial score (nSPS) is 21.0. The van der Waals surface area contributed by atoms with Crippen molar-refractivity contribution in [3.05, 3.63) is 23.0 Å². The molecule has 74 valence electrons. The highest BCUT2D eigenvalue weighted by molar-refractivity contribution is 6.29. The van der Waals surface area contributed by atoms with Crippen molar-refractivity contribution in [2.75, 3.05) is 6.61 Å². The van der Waals surface area contributed by atoms with Gasteiger partial charge >= 0.3 is 0 Å². The van der Waals surface area contributed by atoms with E-state index in [1.807, 2.05) is 6.92 Å². The van der Waals surface area contributed by atoms with Crippen LogP contribution in [0.3, 0.4) is 0 Å². The molecule has 0 N–H and O–H groups in total. The molecule has 0 aromatic carbocycles. The summed E-state index contributed by atoms with van der Waals surface area (Å²) in [5.74, 6) is 0.784. The molecule has 3 nitrogen and oxygen atoms in total. The zero-order chi connectivity index (χ0) is 10.1. The number of pyridine rings is 1. The number of ether oxygens (including phenoxy) is 1. The minimum absolute atomic E-state index is 0.00694. The fourth-order valence-corrected chi connectivity index (χ4v) is 1.59. The first-order valence-corrected chi connectivity index (χ1v) is 4.87. The van der Waals surface area contributed by atoms with Crippen LogP contribution in [0.15, 0.2) is 12.1 Å². The Hall–Kier alpha value is -1.09. The van der Waals surface area contributed by atoms with Gasteiger partial charge in [0.2, 0.25) is 0 Å². The van der Waals surface area contributed by atoms with Crippen LogP contribution in [0.4, 0.5) is 0 Å². The molecule has 0 spiro atoms. The molecule has 1 aliphatic heterocycles. The van der Waals surface area contributed by atoms with Crippen molar-refractivity contribution in [3.8, 4) is 5.75 Å². The van der Waals surface area contributed by atoms with Crippen LogP contribution in [0.25, 0.3) is 0 Å². The predicted octanol–water partition coefficient (Wildman–Crippen LogP) is 2.34. The zero-order valence-corrected chi connectivity index (χ0v) is 8.54. The van der Waals surface area contributed by atoms with Crippen LogP contribution in [0.1, 0.15) is 23.8 Å². The average molecular weight is 212 g/mol. The highest BCUT2D eigenvalue weighted by Crippen LogP contribution is 2.25. The van der Waals surface area contributed by atoms with Gasteiger partial charge in [0.05, 0.1) is 6.61 Å². The summed E-state index contributed by atoms with van der Waals surface area (Å²) in [5, 5.41) is 0.329. The van der Waals surface area contributed by atoms with E-state index in [1.54, 1.807) is 12.1 Å². The zero-order valence-electron chi connectivity index (χ0n) is 7.79. The summed E-state index contributed by atoms with van der Waals surface area (Å²) >= 11 is 5.71. The van der Waals surface area contributed by atoms with Crippen molar-refractivity contribution in [1.29, 1.82) is 0 Å². The largest absolute Gasteiger partial charge is 0.491 e. The summed E-state index contributed by atoms with van der Waals surface area (Å²) in [6.45, 7) is 2.54. The number of aromatic nitrogens is 1. The van der Waals surface area contributed by atoms with Crippen molar-refractivity contribution >= 4 is 17.4 Å². The van der Waals surface area contributed by atoms with E-state index < -0.39 is 0 Å². The smallest absolute Gasteiger partial charge is 0.185 e. The van der Waals surface area contributed by atoms with Crippen molar-refractivity contribution in [2.45, 2.75) is 13.3 Å². The molecule has 1 aromatic rings. The second-order valence-corrected chi connectivity index (χ2v) is 3.91. The number of halogens is 1. The maximum atomic E-state index is 11.7. The molecule has 0 fully saturated rings. The van der Waals surface area contributed by atoms with E-state index in [4.69, 9.17) is 16.3 Å². The highest BCUT2D eigenvalue weighted by Gasteiger charge is 2.22. The molecule has 0 amide bonds. The molecule has 0 saturated carbocycles. The molecule has 0 saturated heterocycles. The van der Waals surface area contributed by atoms with Crippen LogP contribution in [0.5, 0.6) is 5.75 Å². The Labute approximate surface area is 87.0 Å². The molecule has 0 aliphatic carbocycles. The van der Waals surface area contributed by atoms with Gasteiger partial charge in [-0.1, -0.05) is 18.5 Å². The van der Waals surface area contributed by atoms with Gasteiger partial charge in [0.25, 0.3) is 0 Å². The van der Waals surface area contributed by atoms with E-state index in [2.05, 4.69) is 4.98 Å². The van der Waals surface area contributed by atoms with Gasteiger partial charge in [-0.05, 0) is 18.1 Å². The number of carbonyl (C=O) groups excluding carboxylic acids is 1. The van der Waals surface area contributed by atoms with E-state index in [0.717, 1.165) is 0 Å². The number of hydrogen-bond acceptors (Lipinski definition) is 3. The number of ketones is 1. The quantitative estimate of drug-likeness (QED) is 0.619. The minimum atomic E-state index is 0.00694. The summed E-state index contributed by atoms with van der Waals surface area (Å²) in [5.41, 5.74) is 0.363. The lowest BCUT2D eigenvalue weighted by Crippen LogP contribution is -2.07. The molecule has 2 heterocycles. The third-order valence-electron chi connectivity index (χ3n) is 2.15. The summed E-state index contributed by atoms with van der Waals surface area (Å²) in [4.78, 5) is 15.6. The molecule has 14 heavy (non-hydrogen) atoms. The fourth-order valence-electron chi connectivity index (χ4n) is 1.44. The Morgan fingerprint density at radius 1 is 1.57 bits per heavy atom. The number of carbonyl (C=O) groups is 1. The number of rotatable bonds is 0. The lowest BCUT2D eigenvalue weighted by Gasteiger charge is -2.06. The number of fused-ring (bicyclic) bond motifs is 1. The van der Waals surface area contributed by atoms with Crippen LogP contribution in [0.2, 0.25) is 5.15 Å². The molecule has 1 aliphatic rings. The van der Waals surface area contributed by atoms with E-state index in [9.17, 15) is 4.79 Å². The van der Waals surface area contributed by atoms with Gasteiger partial charge in [-0.3, -0.25) is 4.79 Å². The molecule has 1 atom stereocenters. The standard InChI is InChI=1S/C10H10ClNO2/c1-6-4-7(13)10-8(14-5-6)2-3-9(11)12-10/h2-3,6H,4-5H2,1H3. The van der Waals surface area contributed by atoms with Gasteiger partial charge in [0.15, 0.2) is 5.78 Å². The lowest BCUT2D eigenvalue weighted by molar-refractivity contribution is 0.0962. The maximum absolute atomic E-state index is 11.7. The van der Waals surface area contributed by atoms with Crippen molar-refractivity contribution in [3.63, 3.8) is 0 Å². The molecule has 2 rings (SSSR count). The first-order chi connectivity index (χ1) is 6.66. The van der Waals surface area contributed by atoms with Crippen molar-refractivity contribution < 1.29 is 9.53 Å². The summed E-state index contributed by atoms with van der Waals surface area (Å²) in [6, 6.07) is 3.32. The third-order valence-corrected chi connectivity index (χ3v) is 2.36. The number of nitrogens with zero attached hydrogens (tertiary/aromatic N) is 1. The molecule has 0 bridgehead atoms. The topological polar surface area (TPSA) is 39.2 Å². The molecule has 1 aromatic heterocycles. The van der Waals surface area contributed by atoms with Crippen LogP contribution in [-0.4, -0.2) is 17.4 Å². The van der Waals surface area contributed by atoms with Gasteiger partial charge in [0.1, 0.15) is 16.6 Å². The number of Topliss-reactive ketones (excluding diaryl/α,β-unsaturated/α-hetero) is 1. The third kappa shape index (κ3) is 1.73. The van der Waals surface area contributed by atoms with Crippen LogP contribution >= 0.6 is 11.6 Å². The SMILES string of the molecule is CC1COc2ccc(Cl)nc2C(=O)C1. The summed E-state index contributed by atoms with van der Waals surface area (Å²) in [7, 11) is 0. The van der Waals surface area contributed by atoms with Crippen molar-refractivity contribution in [1.82, 2.24) is 4.98 Å². The highest BCUT2D eigenvalue weighted by atomic mass is 35.5. The number of hydrogen-bond donors (Lipinski definition) is 0. The van der Waals surface area contributed by atoms with Gasteiger partial charge in [-0.25, -0.2) is 4.98 Å². The first kappa shape index (κ1) is 9.46. The average Bonchev–Trinajstić information content (AvgIpc) is 2.27. The lowest BCUT2D eigenvalue weighted by atomic mass is 10.0. The van der Waals surface area contributed by atoms with E-state index in [0.29, 0.717) is 29.6 Å². The Bertz CT molecular complexity index is 378. The van der Waals surface area contributed by atoms with E-state index >= 15 is 0 Å². The van der Waals surface area contributed by atoms with E-state index in [1.165, 1.54) is 0 Å². The molecular weight excluding hydrogens is 202 g/mol. The molecular formula is C10H10ClNO2. The van der Waals surface area contributed by atoms with Crippen LogP contribution < -0.4 is 4.74 Å². The molecule has 0 radical (unpaired) electrons. The van der Waals surface area contributed by atoms with Crippen molar-refractivity contribution in [2.24, 2.45) is 5.92 Å². The maximum Gasteiger partial charge on any atom is 0.185 e. The Kier molecular flexibility index (Phi) is 2.42. The monoisotopic (exact) mass is 211 g/mol. The minimum Gasteiger partial charge on any atom is -0.491 e. The predicted molar refractivity (Wildman–Crippen MR) is 52.9 cm³/mol. The van der Waals surface area contributed by atoms with E-state index in [-0.39, 0.29) is 11.7 Å². The Balaban J connectivity index is 2.44. The van der Waals surface area contributed by atoms with Crippen LogP contribution in [0, 0.1) is 5.92 Å². The first-order valence-electron chi connectivity index (χ1n) is 4.49. The fraction of sp³-hybridized carbons (Fsp3) is 0.400. The molecule has 4 heteroatoms. The van der Waals surface area contributed by atoms with Crippen LogP contribution in [-0.2, 0) is 0 Å².